The molecule has 1 atom stereocenters. The SMILES string of the molecule is CC(CCN(C)C)NCc1cccc(C(F)F)c1. The van der Waals surface area contributed by atoms with Crippen LogP contribution >= 0.6 is 0 Å². The van der Waals surface area contributed by atoms with Gasteiger partial charge in [-0.1, -0.05) is 18.2 Å². The Hall–Kier alpha value is -1.00. The largest absolute Gasteiger partial charge is 0.310 e. The molecule has 0 bridgehead atoms. The van der Waals surface area contributed by atoms with Crippen molar-refractivity contribution in [3.8, 4) is 0 Å². The lowest BCUT2D eigenvalue weighted by Gasteiger charge is -2.17. The lowest BCUT2D eigenvalue weighted by atomic mass is 10.1. The van der Waals surface area contributed by atoms with E-state index in [4.69, 9.17) is 0 Å². The second-order valence-corrected chi connectivity index (χ2v) is 4.92. The van der Waals surface area contributed by atoms with Crippen molar-refractivity contribution in [1.82, 2.24) is 10.2 Å². The maximum absolute atomic E-state index is 12.5. The van der Waals surface area contributed by atoms with E-state index >= 15 is 0 Å². The monoisotopic (exact) mass is 256 g/mol. The third-order valence-electron chi connectivity index (χ3n) is 2.87. The predicted octanol–water partition coefficient (Wildman–Crippen LogP) is 3.05. The predicted molar refractivity (Wildman–Crippen MR) is 70.9 cm³/mol. The first kappa shape index (κ1) is 15.1. The van der Waals surface area contributed by atoms with Crippen LogP contribution in [0.2, 0.25) is 0 Å². The highest BCUT2D eigenvalue weighted by Crippen LogP contribution is 2.19. The van der Waals surface area contributed by atoms with Gasteiger partial charge in [0.05, 0.1) is 0 Å². The third-order valence-corrected chi connectivity index (χ3v) is 2.87. The third kappa shape index (κ3) is 5.56. The van der Waals surface area contributed by atoms with Gasteiger partial charge in [0.2, 0.25) is 0 Å². The zero-order valence-electron chi connectivity index (χ0n) is 11.3. The fourth-order valence-corrected chi connectivity index (χ4v) is 1.68. The van der Waals surface area contributed by atoms with Crippen LogP contribution in [0, 0.1) is 0 Å². The molecule has 0 saturated heterocycles. The minimum atomic E-state index is -2.39. The summed E-state index contributed by atoms with van der Waals surface area (Å²) in [5.41, 5.74) is 1.000. The maximum Gasteiger partial charge on any atom is 0.263 e. The Labute approximate surface area is 108 Å². The van der Waals surface area contributed by atoms with E-state index < -0.39 is 6.43 Å². The summed E-state index contributed by atoms with van der Waals surface area (Å²) in [6, 6.07) is 6.96. The fraction of sp³-hybridized carbons (Fsp3) is 0.571. The first-order chi connectivity index (χ1) is 8.49. The van der Waals surface area contributed by atoms with E-state index in [1.165, 1.54) is 6.07 Å². The summed E-state index contributed by atoms with van der Waals surface area (Å²) in [6.45, 7) is 3.76. The zero-order chi connectivity index (χ0) is 13.5. The molecule has 0 aliphatic carbocycles. The van der Waals surface area contributed by atoms with Crippen molar-refractivity contribution >= 4 is 0 Å². The minimum Gasteiger partial charge on any atom is -0.310 e. The van der Waals surface area contributed by atoms with Gasteiger partial charge in [0.15, 0.2) is 0 Å². The molecule has 0 radical (unpaired) electrons. The van der Waals surface area contributed by atoms with Crippen LogP contribution in [0.5, 0.6) is 0 Å². The van der Waals surface area contributed by atoms with E-state index in [0.717, 1.165) is 18.5 Å². The average molecular weight is 256 g/mol. The van der Waals surface area contributed by atoms with Crippen molar-refractivity contribution in [1.29, 1.82) is 0 Å². The second kappa shape index (κ2) is 7.44. The Bertz CT molecular complexity index is 353. The molecule has 102 valence electrons. The Balaban J connectivity index is 2.40. The van der Waals surface area contributed by atoms with E-state index in [0.29, 0.717) is 12.6 Å². The number of hydrogen-bond donors (Lipinski definition) is 1. The van der Waals surface area contributed by atoms with Crippen molar-refractivity contribution in [2.75, 3.05) is 20.6 Å². The van der Waals surface area contributed by atoms with Crippen LogP contribution in [0.3, 0.4) is 0 Å². The quantitative estimate of drug-likeness (QED) is 0.806. The molecule has 2 nitrogen and oxygen atoms in total. The number of alkyl halides is 2. The Morgan fingerprint density at radius 1 is 1.28 bits per heavy atom. The van der Waals surface area contributed by atoms with Crippen LogP contribution < -0.4 is 5.32 Å². The van der Waals surface area contributed by atoms with Gasteiger partial charge in [0, 0.05) is 18.2 Å². The first-order valence-electron chi connectivity index (χ1n) is 6.24. The summed E-state index contributed by atoms with van der Waals surface area (Å²) >= 11 is 0. The summed E-state index contributed by atoms with van der Waals surface area (Å²) < 4.78 is 25.1. The highest BCUT2D eigenvalue weighted by Gasteiger charge is 2.07. The van der Waals surface area contributed by atoms with Gasteiger partial charge < -0.3 is 10.2 Å². The maximum atomic E-state index is 12.5. The van der Waals surface area contributed by atoms with Gasteiger partial charge >= 0.3 is 0 Å². The van der Waals surface area contributed by atoms with Crippen LogP contribution in [-0.2, 0) is 6.54 Å². The van der Waals surface area contributed by atoms with Crippen molar-refractivity contribution < 1.29 is 8.78 Å². The number of benzene rings is 1. The van der Waals surface area contributed by atoms with Gasteiger partial charge in [0.1, 0.15) is 0 Å². The minimum absolute atomic E-state index is 0.0928. The zero-order valence-corrected chi connectivity index (χ0v) is 11.3. The van der Waals surface area contributed by atoms with E-state index in [1.54, 1.807) is 12.1 Å². The lowest BCUT2D eigenvalue weighted by Crippen LogP contribution is -2.29. The molecule has 1 aromatic rings. The molecular weight excluding hydrogens is 234 g/mol. The summed E-state index contributed by atoms with van der Waals surface area (Å²) in [6.07, 6.45) is -1.35. The summed E-state index contributed by atoms with van der Waals surface area (Å²) in [5.74, 6) is 0. The van der Waals surface area contributed by atoms with Crippen molar-refractivity contribution in [3.63, 3.8) is 0 Å². The van der Waals surface area contributed by atoms with Gasteiger partial charge in [-0.2, -0.15) is 0 Å². The summed E-state index contributed by atoms with van der Waals surface area (Å²) in [4.78, 5) is 2.13. The molecule has 18 heavy (non-hydrogen) atoms. The van der Waals surface area contributed by atoms with Crippen molar-refractivity contribution in [2.24, 2.45) is 0 Å². The van der Waals surface area contributed by atoms with Gasteiger partial charge in [-0.25, -0.2) is 8.78 Å². The molecule has 1 unspecified atom stereocenters. The topological polar surface area (TPSA) is 15.3 Å². The van der Waals surface area contributed by atoms with Gasteiger partial charge in [-0.15, -0.1) is 0 Å². The van der Waals surface area contributed by atoms with Crippen LogP contribution in [0.1, 0.15) is 30.9 Å². The number of halogens is 2. The Morgan fingerprint density at radius 3 is 2.61 bits per heavy atom. The van der Waals surface area contributed by atoms with Crippen molar-refractivity contribution in [2.45, 2.75) is 32.4 Å². The molecule has 1 aromatic carbocycles. The van der Waals surface area contributed by atoms with Gasteiger partial charge in [-0.05, 0) is 45.6 Å². The van der Waals surface area contributed by atoms with E-state index in [-0.39, 0.29) is 5.56 Å². The van der Waals surface area contributed by atoms with Gasteiger partial charge in [0.25, 0.3) is 6.43 Å². The van der Waals surface area contributed by atoms with E-state index in [2.05, 4.69) is 17.1 Å². The Morgan fingerprint density at radius 2 is 2.00 bits per heavy atom. The lowest BCUT2D eigenvalue weighted by molar-refractivity contribution is 0.151. The molecule has 4 heteroatoms. The molecule has 0 aliphatic heterocycles. The standard InChI is InChI=1S/C14H22F2N2/c1-11(7-8-18(2)3)17-10-12-5-4-6-13(9-12)14(15)16/h4-6,9,11,14,17H,7-8,10H2,1-3H3. The molecule has 0 heterocycles. The number of rotatable bonds is 7. The molecule has 0 amide bonds. The molecule has 0 spiro atoms. The molecular formula is C14H22F2N2. The molecule has 1 rings (SSSR count). The van der Waals surface area contributed by atoms with Crippen LogP contribution in [0.15, 0.2) is 24.3 Å². The normalized spacial score (nSPS) is 13.3. The number of nitrogens with zero attached hydrogens (tertiary/aromatic N) is 1. The van der Waals surface area contributed by atoms with Crippen LogP contribution in [0.25, 0.3) is 0 Å². The second-order valence-electron chi connectivity index (χ2n) is 4.92. The molecule has 0 aliphatic rings. The average Bonchev–Trinajstić information content (AvgIpc) is 2.34. The van der Waals surface area contributed by atoms with E-state index in [1.807, 2.05) is 20.2 Å². The smallest absolute Gasteiger partial charge is 0.263 e. The highest BCUT2D eigenvalue weighted by molar-refractivity contribution is 5.24. The first-order valence-corrected chi connectivity index (χ1v) is 6.24. The summed E-state index contributed by atoms with van der Waals surface area (Å²) in [7, 11) is 4.08. The Kier molecular flexibility index (Phi) is 6.22. The van der Waals surface area contributed by atoms with Gasteiger partial charge in [-0.3, -0.25) is 0 Å². The molecule has 0 fully saturated rings. The molecule has 0 aromatic heterocycles. The van der Waals surface area contributed by atoms with Crippen molar-refractivity contribution in [3.05, 3.63) is 35.4 Å². The molecule has 0 saturated carbocycles. The van der Waals surface area contributed by atoms with Crippen LogP contribution in [0.4, 0.5) is 8.78 Å². The number of hydrogen-bond acceptors (Lipinski definition) is 2. The van der Waals surface area contributed by atoms with E-state index in [9.17, 15) is 8.78 Å². The highest BCUT2D eigenvalue weighted by atomic mass is 19.3. The number of nitrogens with one attached hydrogen (secondary N) is 1. The molecule has 1 N–H and O–H groups in total. The fourth-order valence-electron chi connectivity index (χ4n) is 1.68. The van der Waals surface area contributed by atoms with Crippen LogP contribution in [-0.4, -0.2) is 31.6 Å². The summed E-state index contributed by atoms with van der Waals surface area (Å²) in [5, 5.41) is 3.35.